The number of likely N-dealkylation sites (N-methyl/N-ethyl adjacent to an activating group) is 4. The third-order valence-electron chi connectivity index (χ3n) is 22.1. The number of hydrogen-bond acceptors (Lipinski definition) is 4. The van der Waals surface area contributed by atoms with E-state index in [0.29, 0.717) is 47.8 Å². The second kappa shape index (κ2) is 93.6. The molecule has 4 heterocycles. The molecule has 0 N–H and O–H groups in total. The van der Waals surface area contributed by atoms with E-state index in [1.54, 1.807) is 78.1 Å². The van der Waals surface area contributed by atoms with Gasteiger partial charge >= 0.3 is 0 Å². The SMILES string of the molecule is C.C.C.C.C.C.C.C.CC.CC.CC.CC.CC.CC.CC.CC.CC.CC.CC.CC.CC.CC.CC.CC.CCN1c2c(ccc3c2C[C@H](C)[C@@H]3C)[C@H](C)[C@@H]1C.CCN1c2c(ccc3c2[C@@H](C)[C@@H](C)C3)[C@@H](C)[C@H]1C.CCN1c2cc3c(cc2[C@H](C)[C@@H]1C)[C@@H](C)[C@@H](C)C3.CCN1c2ccc3c(c2[C@H](C)[C@@H]1C)[C@@H](C)[C@@H](C)C3.[B].[B].[B].[B]. The molecule has 12 rings (SSSR count). The average molecular weight is 1630 g/mol. The summed E-state index contributed by atoms with van der Waals surface area (Å²) in [5, 5.41) is 0. The van der Waals surface area contributed by atoms with Gasteiger partial charge in [0.1, 0.15) is 0 Å². The van der Waals surface area contributed by atoms with Crippen LogP contribution in [-0.2, 0) is 25.7 Å². The fourth-order valence-electron chi connectivity index (χ4n) is 16.1. The third kappa shape index (κ3) is 39.2. The van der Waals surface area contributed by atoms with Gasteiger partial charge in [-0.25, -0.2) is 0 Å². The molecule has 16 atom stereocenters. The molecule has 116 heavy (non-hydrogen) atoms. The first-order chi connectivity index (χ1) is 50.2. The molecule has 4 aromatic rings. The maximum atomic E-state index is 2.63. The lowest BCUT2D eigenvalue weighted by Gasteiger charge is -2.27. The van der Waals surface area contributed by atoms with Gasteiger partial charge in [0, 0.05) is 130 Å². The minimum absolute atomic E-state index is 0. The van der Waals surface area contributed by atoms with Crippen LogP contribution in [-0.4, -0.2) is 84.0 Å². The van der Waals surface area contributed by atoms with Crippen LogP contribution in [0.25, 0.3) is 0 Å². The van der Waals surface area contributed by atoms with Crippen LogP contribution in [0.4, 0.5) is 22.7 Å². The van der Waals surface area contributed by atoms with Gasteiger partial charge in [-0.1, -0.05) is 400 Å². The van der Waals surface area contributed by atoms with E-state index in [4.69, 9.17) is 0 Å². The summed E-state index contributed by atoms with van der Waals surface area (Å²) in [6.07, 6.45) is 5.08. The normalized spacial score (nSPS) is 21.8. The van der Waals surface area contributed by atoms with Crippen LogP contribution in [0.15, 0.2) is 48.5 Å². The van der Waals surface area contributed by atoms with Gasteiger partial charge in [0.15, 0.2) is 0 Å². The van der Waals surface area contributed by atoms with Gasteiger partial charge in [-0.05, 0) is 207 Å². The monoisotopic (exact) mass is 1630 g/mol. The van der Waals surface area contributed by atoms with Gasteiger partial charge in [0.2, 0.25) is 0 Å². The molecule has 4 aromatic carbocycles. The van der Waals surface area contributed by atoms with Gasteiger partial charge < -0.3 is 19.6 Å². The smallest absolute Gasteiger partial charge is 0.0442 e. The molecule has 692 valence electrons. The first-order valence-corrected chi connectivity index (χ1v) is 45.9. The zero-order valence-electron chi connectivity index (χ0n) is 83.6. The highest BCUT2D eigenvalue weighted by Gasteiger charge is 2.42. The molecule has 0 spiro atoms. The fourth-order valence-corrected chi connectivity index (χ4v) is 16.1. The van der Waals surface area contributed by atoms with Crippen molar-refractivity contribution in [1.29, 1.82) is 0 Å². The Morgan fingerprint density at radius 2 is 0.483 bits per heavy atom. The largest absolute Gasteiger partial charge is 0.368 e. The Labute approximate surface area is 753 Å². The molecule has 8 aliphatic rings. The highest BCUT2D eigenvalue weighted by Crippen LogP contribution is 2.54. The summed E-state index contributed by atoms with van der Waals surface area (Å²) in [4.78, 5) is 10.4. The molecule has 0 amide bonds. The van der Waals surface area contributed by atoms with Crippen molar-refractivity contribution in [3.8, 4) is 0 Å². The van der Waals surface area contributed by atoms with Crippen molar-refractivity contribution in [2.75, 3.05) is 45.8 Å². The molecule has 12 radical (unpaired) electrons. The highest BCUT2D eigenvalue weighted by atomic mass is 15.2. The Bertz CT molecular complexity index is 2650. The molecule has 0 saturated heterocycles. The molecule has 4 aliphatic heterocycles. The summed E-state index contributed by atoms with van der Waals surface area (Å²) in [7, 11) is 0. The van der Waals surface area contributed by atoms with Gasteiger partial charge in [0.05, 0.1) is 0 Å². The quantitative estimate of drug-likeness (QED) is 0.189. The summed E-state index contributed by atoms with van der Waals surface area (Å²) in [6.45, 7) is 116. The Morgan fingerprint density at radius 1 is 0.224 bits per heavy atom. The molecular formula is C108H228B4N4. The lowest BCUT2D eigenvalue weighted by atomic mass is 9.87. The predicted molar refractivity (Wildman–Crippen MR) is 573 cm³/mol. The Morgan fingerprint density at radius 3 is 0.862 bits per heavy atom. The summed E-state index contributed by atoms with van der Waals surface area (Å²) in [6, 6.07) is 22.0. The lowest BCUT2D eigenvalue weighted by molar-refractivity contribution is 0.526. The molecular weight excluding hydrogens is 1400 g/mol. The molecule has 0 fully saturated rings. The molecule has 0 unspecified atom stereocenters. The summed E-state index contributed by atoms with van der Waals surface area (Å²) in [5.74, 6) is 8.87. The van der Waals surface area contributed by atoms with Crippen LogP contribution in [0.1, 0.15) is 534 Å². The van der Waals surface area contributed by atoms with E-state index >= 15 is 0 Å². The molecule has 0 aromatic heterocycles. The van der Waals surface area contributed by atoms with Crippen LogP contribution in [0, 0.1) is 23.7 Å². The van der Waals surface area contributed by atoms with Gasteiger partial charge in [-0.15, -0.1) is 0 Å². The number of anilines is 4. The topological polar surface area (TPSA) is 13.0 Å². The number of hydrogen-bond donors (Lipinski definition) is 0. The summed E-state index contributed by atoms with van der Waals surface area (Å²) >= 11 is 0. The van der Waals surface area contributed by atoms with Crippen molar-refractivity contribution in [2.24, 2.45) is 23.7 Å². The van der Waals surface area contributed by atoms with Crippen LogP contribution in [0.5, 0.6) is 0 Å². The first kappa shape index (κ1) is 163. The van der Waals surface area contributed by atoms with E-state index in [1.807, 2.05) is 222 Å². The molecule has 4 nitrogen and oxygen atoms in total. The van der Waals surface area contributed by atoms with Crippen molar-refractivity contribution in [3.05, 3.63) is 115 Å². The second-order valence-corrected chi connectivity index (χ2v) is 25.5. The Balaban J connectivity index is -0.0000000510. The Hall–Kier alpha value is -3.66. The maximum absolute atomic E-state index is 2.63. The predicted octanol–water partition coefficient (Wildman–Crippen LogP) is 37.2. The van der Waals surface area contributed by atoms with Crippen molar-refractivity contribution in [2.45, 2.75) is 517 Å². The maximum Gasteiger partial charge on any atom is 0.0442 e. The van der Waals surface area contributed by atoms with Crippen LogP contribution >= 0.6 is 0 Å². The van der Waals surface area contributed by atoms with Crippen molar-refractivity contribution < 1.29 is 0 Å². The van der Waals surface area contributed by atoms with Crippen molar-refractivity contribution in [3.63, 3.8) is 0 Å². The first-order valence-electron chi connectivity index (χ1n) is 45.9. The summed E-state index contributed by atoms with van der Waals surface area (Å²) in [5.41, 5.74) is 25.7. The zero-order valence-corrected chi connectivity index (χ0v) is 83.6. The zero-order chi connectivity index (χ0) is 84.1. The minimum Gasteiger partial charge on any atom is -0.368 e. The van der Waals surface area contributed by atoms with E-state index in [1.165, 1.54) is 37.1 Å². The van der Waals surface area contributed by atoms with Gasteiger partial charge in [-0.2, -0.15) is 0 Å². The van der Waals surface area contributed by atoms with E-state index in [-0.39, 0.29) is 93.1 Å². The van der Waals surface area contributed by atoms with E-state index in [9.17, 15) is 0 Å². The number of benzene rings is 4. The van der Waals surface area contributed by atoms with Crippen LogP contribution in [0.2, 0.25) is 0 Å². The fraction of sp³-hybridized carbons (Fsp3) is 0.778. The number of rotatable bonds is 4. The number of fused-ring (bicyclic) bond motifs is 11. The van der Waals surface area contributed by atoms with E-state index in [2.05, 4.69) is 207 Å². The van der Waals surface area contributed by atoms with Crippen molar-refractivity contribution >= 4 is 56.4 Å². The van der Waals surface area contributed by atoms with Crippen LogP contribution < -0.4 is 19.6 Å². The third-order valence-corrected chi connectivity index (χ3v) is 22.1. The molecule has 0 bridgehead atoms. The molecule has 8 heteroatoms. The molecule has 0 saturated carbocycles. The standard InChI is InChI=1S/4C17H25N.16C2H6.8CH4.4B/c1-6-18-13(5)12(4)16-9-15-11(3)10(2)7-14(15)8-17(16)18;1-6-18-13(5)12(4)15-8-7-14-11(3)10(2)9-16(14)17(15)18;1-6-18-13(5)12(4)17-15(18)8-7-14-9-10(2)11(3)16(14)17;1-6-18-13(5)12(4)15-8-7-14-9-10(2)11(3)16(14)17(15)18;16*1-2;;;;;;;;;;;;/h8-13H,6-7H2,1-5H3;3*7-8,10-13H,6,9H2,1-5H3;16*1-2H3;8*1H4;;;;/t3*10-,11-,12+,13-;10-,11-,12-,13+;;;;;;;;;;;;;;;;;;;;;;;;;;;;/m0000............................/s1. The Kier molecular flexibility index (Phi) is 132. The van der Waals surface area contributed by atoms with Crippen LogP contribution in [0.3, 0.4) is 0 Å². The van der Waals surface area contributed by atoms with E-state index < -0.39 is 0 Å². The molecule has 4 aliphatic carbocycles. The van der Waals surface area contributed by atoms with Crippen molar-refractivity contribution in [1.82, 2.24) is 0 Å². The summed E-state index contributed by atoms with van der Waals surface area (Å²) < 4.78 is 0. The van der Waals surface area contributed by atoms with E-state index in [0.717, 1.165) is 73.5 Å². The highest BCUT2D eigenvalue weighted by molar-refractivity contribution is 5.76. The van der Waals surface area contributed by atoms with Gasteiger partial charge in [-0.3, -0.25) is 0 Å². The second-order valence-electron chi connectivity index (χ2n) is 25.5. The lowest BCUT2D eigenvalue weighted by Crippen LogP contribution is -2.31. The van der Waals surface area contributed by atoms with Gasteiger partial charge in [0.25, 0.3) is 0 Å². The minimum atomic E-state index is 0. The number of nitrogens with zero attached hydrogens (tertiary/aromatic N) is 4. The average Bonchev–Trinajstić information content (AvgIpc) is 1.57.